The van der Waals surface area contributed by atoms with E-state index in [0.717, 1.165) is 12.7 Å². The minimum absolute atomic E-state index is 0.848. The summed E-state index contributed by atoms with van der Waals surface area (Å²) in [5.74, 6) is 0. The van der Waals surface area contributed by atoms with Gasteiger partial charge in [0.25, 0.3) is 0 Å². The summed E-state index contributed by atoms with van der Waals surface area (Å²) in [5.41, 5.74) is 0. The van der Waals surface area contributed by atoms with Crippen LogP contribution < -0.4 is 0 Å². The second-order valence-corrected chi connectivity index (χ2v) is 4.17. The van der Waals surface area contributed by atoms with Crippen molar-refractivity contribution in [3.8, 4) is 0 Å². The molecule has 1 nitrogen and oxygen atoms in total. The first-order valence-electron chi connectivity index (χ1n) is 6.67. The van der Waals surface area contributed by atoms with Crippen LogP contribution in [0.3, 0.4) is 0 Å². The standard InChI is InChI=1S/C15H26O/c1-2-3-4-5-6-7-8-9-10-11-12-13-14-15-16/h5-6,13-15H,2-4,7-12H2,1H3/b6-5+,14-13+. The van der Waals surface area contributed by atoms with Crippen LogP contribution in [-0.2, 0) is 4.79 Å². The van der Waals surface area contributed by atoms with E-state index in [2.05, 4.69) is 19.1 Å². The highest BCUT2D eigenvalue weighted by Gasteiger charge is 1.87. The van der Waals surface area contributed by atoms with Gasteiger partial charge in [-0.2, -0.15) is 0 Å². The molecular weight excluding hydrogens is 196 g/mol. The summed E-state index contributed by atoms with van der Waals surface area (Å²) in [7, 11) is 0. The average molecular weight is 222 g/mol. The molecule has 0 aromatic heterocycles. The molecule has 16 heavy (non-hydrogen) atoms. The van der Waals surface area contributed by atoms with Gasteiger partial charge in [0.15, 0.2) is 0 Å². The van der Waals surface area contributed by atoms with E-state index < -0.39 is 0 Å². The van der Waals surface area contributed by atoms with Gasteiger partial charge >= 0.3 is 0 Å². The Labute approximate surface area is 101 Å². The molecule has 0 aromatic rings. The highest BCUT2D eigenvalue weighted by atomic mass is 16.1. The number of allylic oxidation sites excluding steroid dienone is 4. The average Bonchev–Trinajstić information content (AvgIpc) is 2.31. The largest absolute Gasteiger partial charge is 0.299 e. The third-order valence-electron chi connectivity index (χ3n) is 2.60. The van der Waals surface area contributed by atoms with Gasteiger partial charge in [-0.1, -0.05) is 50.8 Å². The van der Waals surface area contributed by atoms with Crippen molar-refractivity contribution in [3.63, 3.8) is 0 Å². The maximum Gasteiger partial charge on any atom is 0.142 e. The second-order valence-electron chi connectivity index (χ2n) is 4.17. The minimum atomic E-state index is 0.848. The quantitative estimate of drug-likeness (QED) is 0.212. The first kappa shape index (κ1) is 15.2. The van der Waals surface area contributed by atoms with Crippen molar-refractivity contribution in [2.75, 3.05) is 0 Å². The van der Waals surface area contributed by atoms with Gasteiger partial charge in [-0.25, -0.2) is 0 Å². The summed E-state index contributed by atoms with van der Waals surface area (Å²) < 4.78 is 0. The van der Waals surface area contributed by atoms with Crippen LogP contribution in [0.4, 0.5) is 0 Å². The van der Waals surface area contributed by atoms with Crippen molar-refractivity contribution in [2.24, 2.45) is 0 Å². The third kappa shape index (κ3) is 13.2. The van der Waals surface area contributed by atoms with E-state index in [-0.39, 0.29) is 0 Å². The molecule has 0 fully saturated rings. The van der Waals surface area contributed by atoms with Crippen LogP contribution in [0.5, 0.6) is 0 Å². The van der Waals surface area contributed by atoms with Crippen LogP contribution in [0.1, 0.15) is 64.7 Å². The fourth-order valence-electron chi connectivity index (χ4n) is 1.59. The van der Waals surface area contributed by atoms with Crippen molar-refractivity contribution < 1.29 is 4.79 Å². The van der Waals surface area contributed by atoms with E-state index in [0.29, 0.717) is 0 Å². The van der Waals surface area contributed by atoms with Crippen molar-refractivity contribution >= 4 is 6.29 Å². The topological polar surface area (TPSA) is 17.1 Å². The van der Waals surface area contributed by atoms with Crippen LogP contribution >= 0.6 is 0 Å². The Hall–Kier alpha value is -0.850. The number of aldehydes is 1. The van der Waals surface area contributed by atoms with Gasteiger partial charge in [0.1, 0.15) is 6.29 Å². The first-order chi connectivity index (χ1) is 7.91. The molecule has 92 valence electrons. The second kappa shape index (κ2) is 14.2. The summed E-state index contributed by atoms with van der Waals surface area (Å²) >= 11 is 0. The zero-order valence-electron chi connectivity index (χ0n) is 10.7. The Bertz CT molecular complexity index is 192. The monoisotopic (exact) mass is 222 g/mol. The van der Waals surface area contributed by atoms with Gasteiger partial charge in [0, 0.05) is 0 Å². The van der Waals surface area contributed by atoms with Crippen LogP contribution in [0.2, 0.25) is 0 Å². The summed E-state index contributed by atoms with van der Waals surface area (Å²) in [6, 6.07) is 0. The number of hydrogen-bond donors (Lipinski definition) is 0. The Morgan fingerprint density at radius 1 is 0.750 bits per heavy atom. The zero-order chi connectivity index (χ0) is 11.9. The van der Waals surface area contributed by atoms with Gasteiger partial charge in [0.2, 0.25) is 0 Å². The fraction of sp³-hybridized carbons (Fsp3) is 0.667. The third-order valence-corrected chi connectivity index (χ3v) is 2.60. The molecule has 0 atom stereocenters. The molecule has 0 aliphatic heterocycles. The Morgan fingerprint density at radius 2 is 1.31 bits per heavy atom. The Morgan fingerprint density at radius 3 is 1.88 bits per heavy atom. The normalized spacial score (nSPS) is 11.6. The van der Waals surface area contributed by atoms with E-state index >= 15 is 0 Å². The Kier molecular flexibility index (Phi) is 13.4. The molecule has 0 N–H and O–H groups in total. The van der Waals surface area contributed by atoms with E-state index in [1.165, 1.54) is 51.4 Å². The lowest BCUT2D eigenvalue weighted by atomic mass is 10.1. The van der Waals surface area contributed by atoms with Crippen molar-refractivity contribution in [1.29, 1.82) is 0 Å². The molecule has 0 saturated carbocycles. The van der Waals surface area contributed by atoms with E-state index in [9.17, 15) is 4.79 Å². The molecular formula is C15H26O. The number of rotatable bonds is 11. The molecule has 0 unspecified atom stereocenters. The maximum absolute atomic E-state index is 9.99. The van der Waals surface area contributed by atoms with Crippen LogP contribution in [0, 0.1) is 0 Å². The van der Waals surface area contributed by atoms with Gasteiger partial charge in [-0.3, -0.25) is 4.79 Å². The maximum atomic E-state index is 9.99. The van der Waals surface area contributed by atoms with Crippen molar-refractivity contribution in [2.45, 2.75) is 64.7 Å². The predicted octanol–water partition coefficient (Wildman–Crippen LogP) is 4.83. The van der Waals surface area contributed by atoms with Crippen LogP contribution in [0.15, 0.2) is 24.3 Å². The molecule has 0 aromatic carbocycles. The lowest BCUT2D eigenvalue weighted by Crippen LogP contribution is -1.77. The molecule has 0 saturated heterocycles. The summed E-state index contributed by atoms with van der Waals surface area (Å²) in [4.78, 5) is 9.99. The van der Waals surface area contributed by atoms with E-state index in [1.807, 2.05) is 6.08 Å². The highest BCUT2D eigenvalue weighted by molar-refractivity contribution is 5.64. The molecule has 0 spiro atoms. The van der Waals surface area contributed by atoms with Gasteiger partial charge in [-0.15, -0.1) is 0 Å². The Balaban J connectivity index is 3.06. The highest BCUT2D eigenvalue weighted by Crippen LogP contribution is 2.06. The van der Waals surface area contributed by atoms with Gasteiger partial charge in [0.05, 0.1) is 0 Å². The summed E-state index contributed by atoms with van der Waals surface area (Å²) in [5, 5.41) is 0. The molecule has 0 amide bonds. The fourth-order valence-corrected chi connectivity index (χ4v) is 1.59. The number of unbranched alkanes of at least 4 members (excludes halogenated alkanes) is 7. The lowest BCUT2D eigenvalue weighted by molar-refractivity contribution is -0.104. The number of carbonyl (C=O) groups excluding carboxylic acids is 1. The molecule has 1 heteroatoms. The van der Waals surface area contributed by atoms with Gasteiger partial charge < -0.3 is 0 Å². The number of carbonyl (C=O) groups is 1. The lowest BCUT2D eigenvalue weighted by Gasteiger charge is -1.96. The van der Waals surface area contributed by atoms with Gasteiger partial charge in [-0.05, 0) is 38.2 Å². The molecule has 0 aliphatic carbocycles. The molecule has 0 rings (SSSR count). The first-order valence-corrected chi connectivity index (χ1v) is 6.67. The van der Waals surface area contributed by atoms with E-state index in [4.69, 9.17) is 0 Å². The zero-order valence-corrected chi connectivity index (χ0v) is 10.7. The molecule has 0 aliphatic rings. The molecule has 0 heterocycles. The van der Waals surface area contributed by atoms with Crippen LogP contribution in [0.25, 0.3) is 0 Å². The summed E-state index contributed by atoms with van der Waals surface area (Å²) in [6.45, 7) is 2.23. The SMILES string of the molecule is CCCC/C=C/CCCCCC/C=C/C=O. The van der Waals surface area contributed by atoms with Crippen molar-refractivity contribution in [1.82, 2.24) is 0 Å². The minimum Gasteiger partial charge on any atom is -0.299 e. The summed E-state index contributed by atoms with van der Waals surface area (Å²) in [6.07, 6.45) is 20.3. The van der Waals surface area contributed by atoms with Crippen molar-refractivity contribution in [3.05, 3.63) is 24.3 Å². The smallest absolute Gasteiger partial charge is 0.142 e. The number of hydrogen-bond acceptors (Lipinski definition) is 1. The molecule has 0 radical (unpaired) electrons. The predicted molar refractivity (Wildman–Crippen MR) is 71.6 cm³/mol. The molecule has 0 bridgehead atoms. The van der Waals surface area contributed by atoms with Crippen LogP contribution in [-0.4, -0.2) is 6.29 Å². The van der Waals surface area contributed by atoms with E-state index in [1.54, 1.807) is 6.08 Å².